The van der Waals surface area contributed by atoms with Crippen LogP contribution >= 0.6 is 0 Å². The number of benzene rings is 1. The summed E-state index contributed by atoms with van der Waals surface area (Å²) in [5.41, 5.74) is -0.524. The number of rotatable bonds is 3. The molecule has 0 fully saturated rings. The monoisotopic (exact) mass is 238 g/mol. The maximum atomic E-state index is 12.4. The molecule has 0 aliphatic heterocycles. The summed E-state index contributed by atoms with van der Waals surface area (Å²) in [6.07, 6.45) is 1.04. The molecule has 1 N–H and O–H groups in total. The van der Waals surface area contributed by atoms with Gasteiger partial charge in [-0.05, 0) is 18.2 Å². The van der Waals surface area contributed by atoms with E-state index >= 15 is 0 Å². The maximum Gasteiger partial charge on any atom is 0.416 e. The summed E-state index contributed by atoms with van der Waals surface area (Å²) >= 11 is 0. The van der Waals surface area contributed by atoms with Crippen molar-refractivity contribution in [3.05, 3.63) is 29.3 Å². The smallest absolute Gasteiger partial charge is 0.383 e. The molecule has 17 heavy (non-hydrogen) atoms. The van der Waals surface area contributed by atoms with E-state index in [9.17, 15) is 13.2 Å². The van der Waals surface area contributed by atoms with Gasteiger partial charge in [-0.3, -0.25) is 0 Å². The molecule has 0 aliphatic rings. The Bertz CT molecular complexity index is 478. The fourth-order valence-electron chi connectivity index (χ4n) is 1.24. The number of anilines is 1. The number of alkyl halides is 3. The molecular formula is C12H9F3N2. The Kier molecular flexibility index (Phi) is 4.01. The second-order valence-corrected chi connectivity index (χ2v) is 3.25. The van der Waals surface area contributed by atoms with E-state index in [1.807, 2.05) is 0 Å². The molecular weight excluding hydrogens is 229 g/mol. The Labute approximate surface area is 97.1 Å². The molecule has 0 amide bonds. The van der Waals surface area contributed by atoms with Gasteiger partial charge < -0.3 is 5.32 Å². The quantitative estimate of drug-likeness (QED) is 0.649. The van der Waals surface area contributed by atoms with Crippen LogP contribution in [0.25, 0.3) is 0 Å². The molecule has 5 heteroatoms. The molecule has 1 aromatic carbocycles. The molecule has 0 spiro atoms. The SMILES string of the molecule is C#CCCNc1ccc(C(F)(F)F)cc1C#N. The third-order valence-electron chi connectivity index (χ3n) is 2.05. The zero-order valence-corrected chi connectivity index (χ0v) is 8.80. The lowest BCUT2D eigenvalue weighted by Crippen LogP contribution is -2.07. The first-order valence-electron chi connectivity index (χ1n) is 4.77. The van der Waals surface area contributed by atoms with Crippen molar-refractivity contribution in [1.29, 1.82) is 5.26 Å². The van der Waals surface area contributed by atoms with Crippen molar-refractivity contribution < 1.29 is 13.2 Å². The van der Waals surface area contributed by atoms with Gasteiger partial charge in [-0.25, -0.2) is 0 Å². The predicted molar refractivity (Wildman–Crippen MR) is 58.1 cm³/mol. The molecule has 1 aromatic rings. The highest BCUT2D eigenvalue weighted by atomic mass is 19.4. The molecule has 0 heterocycles. The van der Waals surface area contributed by atoms with E-state index in [1.165, 1.54) is 6.07 Å². The van der Waals surface area contributed by atoms with Crippen LogP contribution in [0.2, 0.25) is 0 Å². The van der Waals surface area contributed by atoms with Crippen molar-refractivity contribution in [3.63, 3.8) is 0 Å². The molecule has 0 saturated carbocycles. The van der Waals surface area contributed by atoms with Crippen molar-refractivity contribution in [2.75, 3.05) is 11.9 Å². The minimum atomic E-state index is -4.44. The zero-order chi connectivity index (χ0) is 12.9. The van der Waals surface area contributed by atoms with Crippen molar-refractivity contribution in [3.8, 4) is 18.4 Å². The summed E-state index contributed by atoms with van der Waals surface area (Å²) in [6, 6.07) is 4.70. The fraction of sp³-hybridized carbons (Fsp3) is 0.250. The summed E-state index contributed by atoms with van der Waals surface area (Å²) in [4.78, 5) is 0. The zero-order valence-electron chi connectivity index (χ0n) is 8.80. The molecule has 0 atom stereocenters. The molecule has 1 rings (SSSR count). The van der Waals surface area contributed by atoms with Gasteiger partial charge in [0.05, 0.1) is 16.8 Å². The largest absolute Gasteiger partial charge is 0.416 e. The van der Waals surface area contributed by atoms with Crippen LogP contribution in [0, 0.1) is 23.7 Å². The van der Waals surface area contributed by atoms with Gasteiger partial charge in [-0.15, -0.1) is 12.3 Å². The third-order valence-corrected chi connectivity index (χ3v) is 2.05. The van der Waals surface area contributed by atoms with Gasteiger partial charge in [-0.1, -0.05) is 0 Å². The van der Waals surface area contributed by atoms with E-state index < -0.39 is 11.7 Å². The number of nitriles is 1. The highest BCUT2D eigenvalue weighted by molar-refractivity contribution is 5.59. The molecule has 0 aromatic heterocycles. The Morgan fingerprint density at radius 1 is 1.35 bits per heavy atom. The number of hydrogen-bond donors (Lipinski definition) is 1. The standard InChI is InChI=1S/C12H9F3N2/c1-2-3-6-17-11-5-4-10(12(13,14)15)7-9(11)8-16/h1,4-5,7,17H,3,6H2. The Hall–Kier alpha value is -2.14. The fourth-order valence-corrected chi connectivity index (χ4v) is 1.24. The maximum absolute atomic E-state index is 12.4. The summed E-state index contributed by atoms with van der Waals surface area (Å²) < 4.78 is 37.2. The lowest BCUT2D eigenvalue weighted by atomic mass is 10.1. The second-order valence-electron chi connectivity index (χ2n) is 3.25. The van der Waals surface area contributed by atoms with E-state index in [0.29, 0.717) is 18.7 Å². The lowest BCUT2D eigenvalue weighted by molar-refractivity contribution is -0.137. The molecule has 0 aliphatic carbocycles. The Morgan fingerprint density at radius 2 is 2.06 bits per heavy atom. The minimum absolute atomic E-state index is 0.0446. The van der Waals surface area contributed by atoms with Crippen LogP contribution in [0.3, 0.4) is 0 Å². The molecule has 0 unspecified atom stereocenters. The number of nitrogens with zero attached hydrogens (tertiary/aromatic N) is 1. The average Bonchev–Trinajstić information content (AvgIpc) is 2.28. The van der Waals surface area contributed by atoms with Gasteiger partial charge in [0.25, 0.3) is 0 Å². The normalized spacial score (nSPS) is 10.4. The van der Waals surface area contributed by atoms with Crippen LogP contribution in [-0.2, 0) is 6.18 Å². The van der Waals surface area contributed by atoms with Gasteiger partial charge in [0.2, 0.25) is 0 Å². The second kappa shape index (κ2) is 5.27. The van der Waals surface area contributed by atoms with Gasteiger partial charge >= 0.3 is 6.18 Å². The average molecular weight is 238 g/mol. The van der Waals surface area contributed by atoms with Gasteiger partial charge in [0, 0.05) is 13.0 Å². The first-order chi connectivity index (χ1) is 7.99. The first-order valence-corrected chi connectivity index (χ1v) is 4.77. The van der Waals surface area contributed by atoms with E-state index in [2.05, 4.69) is 11.2 Å². The van der Waals surface area contributed by atoms with Crippen LogP contribution in [0.15, 0.2) is 18.2 Å². The molecule has 0 bridgehead atoms. The summed E-state index contributed by atoms with van der Waals surface area (Å²) in [6.45, 7) is 0.413. The van der Waals surface area contributed by atoms with Crippen molar-refractivity contribution in [2.45, 2.75) is 12.6 Å². The van der Waals surface area contributed by atoms with Gasteiger partial charge in [-0.2, -0.15) is 18.4 Å². The topological polar surface area (TPSA) is 35.8 Å². The number of nitrogens with one attached hydrogen (secondary N) is 1. The van der Waals surface area contributed by atoms with Crippen LogP contribution < -0.4 is 5.32 Å². The molecule has 0 radical (unpaired) electrons. The predicted octanol–water partition coefficient (Wildman–Crippen LogP) is 3.01. The van der Waals surface area contributed by atoms with E-state index in [1.54, 1.807) is 6.07 Å². The van der Waals surface area contributed by atoms with Crippen molar-refractivity contribution in [1.82, 2.24) is 0 Å². The van der Waals surface area contributed by atoms with Crippen molar-refractivity contribution in [2.24, 2.45) is 0 Å². The van der Waals surface area contributed by atoms with Crippen LogP contribution in [-0.4, -0.2) is 6.54 Å². The molecule has 2 nitrogen and oxygen atoms in total. The minimum Gasteiger partial charge on any atom is -0.383 e. The Morgan fingerprint density at radius 3 is 2.59 bits per heavy atom. The summed E-state index contributed by atoms with van der Waals surface area (Å²) in [7, 11) is 0. The molecule has 0 saturated heterocycles. The summed E-state index contributed by atoms with van der Waals surface area (Å²) in [5.74, 6) is 2.39. The van der Waals surface area contributed by atoms with E-state index in [4.69, 9.17) is 11.7 Å². The van der Waals surface area contributed by atoms with Crippen LogP contribution in [0.1, 0.15) is 17.5 Å². The van der Waals surface area contributed by atoms with Crippen LogP contribution in [0.5, 0.6) is 0 Å². The lowest BCUT2D eigenvalue weighted by Gasteiger charge is -2.10. The number of hydrogen-bond acceptors (Lipinski definition) is 2. The van der Waals surface area contributed by atoms with Crippen LogP contribution in [0.4, 0.5) is 18.9 Å². The van der Waals surface area contributed by atoms with E-state index in [0.717, 1.165) is 12.1 Å². The highest BCUT2D eigenvalue weighted by Gasteiger charge is 2.30. The highest BCUT2D eigenvalue weighted by Crippen LogP contribution is 2.31. The van der Waals surface area contributed by atoms with Crippen molar-refractivity contribution >= 4 is 5.69 Å². The van der Waals surface area contributed by atoms with Gasteiger partial charge in [0.1, 0.15) is 6.07 Å². The third kappa shape index (κ3) is 3.42. The van der Waals surface area contributed by atoms with Gasteiger partial charge in [0.15, 0.2) is 0 Å². The molecule has 88 valence electrons. The number of terminal acetylenes is 1. The Balaban J connectivity index is 2.96. The van der Waals surface area contributed by atoms with E-state index in [-0.39, 0.29) is 5.56 Å². The summed E-state index contributed by atoms with van der Waals surface area (Å²) in [5, 5.41) is 11.6. The number of halogens is 3. The first kappa shape index (κ1) is 12.9.